The number of carbonyl (C=O) groups excluding carboxylic acids is 3. The molecule has 6 nitrogen and oxygen atoms in total. The van der Waals surface area contributed by atoms with Crippen LogP contribution >= 0.6 is 0 Å². The van der Waals surface area contributed by atoms with Crippen molar-refractivity contribution in [3.8, 4) is 0 Å². The van der Waals surface area contributed by atoms with Crippen LogP contribution in [0.2, 0.25) is 0 Å². The van der Waals surface area contributed by atoms with Crippen molar-refractivity contribution < 1.29 is 28.6 Å². The van der Waals surface area contributed by atoms with Gasteiger partial charge < -0.3 is 14.2 Å². The van der Waals surface area contributed by atoms with Crippen molar-refractivity contribution in [2.75, 3.05) is 13.2 Å². The monoisotopic (exact) mass is 1060 g/mol. The molecule has 0 spiro atoms. The normalized spacial score (nSPS) is 12.5. The van der Waals surface area contributed by atoms with Gasteiger partial charge in [-0.15, -0.1) is 0 Å². The summed E-state index contributed by atoms with van der Waals surface area (Å²) in [4.78, 5) is 38.2. The standard InChI is InChI=1S/C70H124O6/c1-4-7-10-13-16-19-22-25-26-27-28-29-30-31-32-33-34-35-36-37-38-39-40-41-42-43-44-46-48-51-54-57-60-63-69(72)75-66-67(65-74-68(71)62-59-56-53-50-47-24-21-18-15-12-9-6-3)76-70(73)64-61-58-55-52-49-45-23-20-17-14-11-8-5-2/h8,11,17,20,22,25,27-28,30-31,45,49,67H,4-7,9-10,12-16,18-19,21,23-24,26,29,32-44,46-48,50-66H2,1-3H3/b11-8-,20-17-,25-22-,28-27-,31-30-,49-45-. The Balaban J connectivity index is 4.09. The summed E-state index contributed by atoms with van der Waals surface area (Å²) >= 11 is 0. The maximum atomic E-state index is 12.8. The first-order chi connectivity index (χ1) is 37.5. The van der Waals surface area contributed by atoms with Crippen molar-refractivity contribution in [2.24, 2.45) is 0 Å². The molecule has 76 heavy (non-hydrogen) atoms. The van der Waals surface area contributed by atoms with Gasteiger partial charge in [-0.2, -0.15) is 0 Å². The number of ether oxygens (including phenoxy) is 3. The zero-order valence-corrected chi connectivity index (χ0v) is 50.5. The van der Waals surface area contributed by atoms with Gasteiger partial charge in [0.2, 0.25) is 0 Å². The van der Waals surface area contributed by atoms with Crippen molar-refractivity contribution in [3.05, 3.63) is 72.9 Å². The molecule has 0 N–H and O–H groups in total. The second-order valence-corrected chi connectivity index (χ2v) is 22.0. The largest absolute Gasteiger partial charge is 0.462 e. The molecule has 0 aromatic heterocycles. The molecule has 1 atom stereocenters. The third kappa shape index (κ3) is 61.7. The van der Waals surface area contributed by atoms with Gasteiger partial charge >= 0.3 is 17.9 Å². The fourth-order valence-electron chi connectivity index (χ4n) is 9.53. The van der Waals surface area contributed by atoms with Crippen LogP contribution in [0, 0.1) is 0 Å². The lowest BCUT2D eigenvalue weighted by atomic mass is 10.0. The first-order valence-corrected chi connectivity index (χ1v) is 32.9. The summed E-state index contributed by atoms with van der Waals surface area (Å²) in [6.45, 7) is 6.52. The molecule has 0 aromatic carbocycles. The van der Waals surface area contributed by atoms with Gasteiger partial charge in [-0.05, 0) is 89.9 Å². The molecule has 0 aliphatic carbocycles. The number of hydrogen-bond acceptors (Lipinski definition) is 6. The average Bonchev–Trinajstić information content (AvgIpc) is 3.42. The summed E-state index contributed by atoms with van der Waals surface area (Å²) in [5.41, 5.74) is 0. The van der Waals surface area contributed by atoms with E-state index < -0.39 is 6.10 Å². The summed E-state index contributed by atoms with van der Waals surface area (Å²) in [6, 6.07) is 0. The van der Waals surface area contributed by atoms with E-state index in [4.69, 9.17) is 14.2 Å². The van der Waals surface area contributed by atoms with Crippen molar-refractivity contribution >= 4 is 17.9 Å². The maximum Gasteiger partial charge on any atom is 0.306 e. The number of unbranched alkanes of at least 4 members (excludes halogenated alkanes) is 37. The first kappa shape index (κ1) is 72.8. The van der Waals surface area contributed by atoms with Crippen molar-refractivity contribution in [2.45, 2.75) is 341 Å². The molecule has 0 rings (SSSR count). The summed E-state index contributed by atoms with van der Waals surface area (Å²) in [5, 5.41) is 0. The SMILES string of the molecule is CC/C=C\C/C=C\C/C=C\CCCCCC(=O)OC(COC(=O)CCCCCCCCCCCCCC)COC(=O)CCCCCCCCCCCCCCCCCCCC/C=C\C/C=C\C/C=C\CCCCCCC. The Bertz CT molecular complexity index is 1400. The molecule has 0 aliphatic heterocycles. The molecule has 440 valence electrons. The molecule has 0 bridgehead atoms. The molecule has 0 saturated heterocycles. The van der Waals surface area contributed by atoms with Crippen LogP contribution in [0.15, 0.2) is 72.9 Å². The number of hydrogen-bond donors (Lipinski definition) is 0. The van der Waals surface area contributed by atoms with Gasteiger partial charge in [0.15, 0.2) is 6.10 Å². The van der Waals surface area contributed by atoms with E-state index in [9.17, 15) is 14.4 Å². The van der Waals surface area contributed by atoms with Crippen LogP contribution in [0.5, 0.6) is 0 Å². The Labute approximate surface area is 472 Å². The topological polar surface area (TPSA) is 78.9 Å². The van der Waals surface area contributed by atoms with Gasteiger partial charge in [-0.1, -0.05) is 299 Å². The lowest BCUT2D eigenvalue weighted by Gasteiger charge is -2.18. The Morgan fingerprint density at radius 3 is 0.816 bits per heavy atom. The van der Waals surface area contributed by atoms with E-state index >= 15 is 0 Å². The maximum absolute atomic E-state index is 12.8. The minimum Gasteiger partial charge on any atom is -0.462 e. The predicted molar refractivity (Wildman–Crippen MR) is 330 cm³/mol. The van der Waals surface area contributed by atoms with E-state index in [0.29, 0.717) is 19.3 Å². The Kier molecular flexibility index (Phi) is 61.7. The van der Waals surface area contributed by atoms with Gasteiger partial charge in [0.05, 0.1) is 0 Å². The zero-order valence-electron chi connectivity index (χ0n) is 50.5. The smallest absolute Gasteiger partial charge is 0.306 e. The molecule has 0 radical (unpaired) electrons. The molecule has 6 heteroatoms. The van der Waals surface area contributed by atoms with Crippen molar-refractivity contribution in [1.82, 2.24) is 0 Å². The third-order valence-corrected chi connectivity index (χ3v) is 14.4. The van der Waals surface area contributed by atoms with E-state index in [1.165, 1.54) is 199 Å². The first-order valence-electron chi connectivity index (χ1n) is 32.9. The minimum absolute atomic E-state index is 0.0830. The van der Waals surface area contributed by atoms with E-state index in [-0.39, 0.29) is 31.1 Å². The Morgan fingerprint density at radius 2 is 0.513 bits per heavy atom. The van der Waals surface area contributed by atoms with Gasteiger partial charge in [-0.25, -0.2) is 0 Å². The molecule has 1 unspecified atom stereocenters. The van der Waals surface area contributed by atoms with Crippen LogP contribution in [-0.4, -0.2) is 37.2 Å². The fraction of sp³-hybridized carbons (Fsp3) is 0.786. The lowest BCUT2D eigenvalue weighted by molar-refractivity contribution is -0.167. The highest BCUT2D eigenvalue weighted by atomic mass is 16.6. The van der Waals surface area contributed by atoms with Gasteiger partial charge in [0.1, 0.15) is 13.2 Å². The molecular formula is C70H124O6. The van der Waals surface area contributed by atoms with Gasteiger partial charge in [0.25, 0.3) is 0 Å². The lowest BCUT2D eigenvalue weighted by Crippen LogP contribution is -2.30. The molecular weight excluding hydrogens is 937 g/mol. The van der Waals surface area contributed by atoms with Crippen molar-refractivity contribution in [3.63, 3.8) is 0 Å². The highest BCUT2D eigenvalue weighted by Gasteiger charge is 2.19. The van der Waals surface area contributed by atoms with E-state index in [1.807, 2.05) is 0 Å². The van der Waals surface area contributed by atoms with Crippen LogP contribution in [0.25, 0.3) is 0 Å². The van der Waals surface area contributed by atoms with Crippen LogP contribution in [0.3, 0.4) is 0 Å². The highest BCUT2D eigenvalue weighted by molar-refractivity contribution is 5.71. The molecule has 0 fully saturated rings. The quantitative estimate of drug-likeness (QED) is 0.0261. The van der Waals surface area contributed by atoms with Crippen molar-refractivity contribution in [1.29, 1.82) is 0 Å². The number of esters is 3. The second kappa shape index (κ2) is 64.4. The number of rotatable bonds is 60. The molecule has 0 saturated carbocycles. The van der Waals surface area contributed by atoms with E-state index in [1.54, 1.807) is 0 Å². The Morgan fingerprint density at radius 1 is 0.276 bits per heavy atom. The number of allylic oxidation sites excluding steroid dienone is 12. The van der Waals surface area contributed by atoms with Crippen LogP contribution in [-0.2, 0) is 28.6 Å². The second-order valence-electron chi connectivity index (χ2n) is 22.0. The third-order valence-electron chi connectivity index (χ3n) is 14.4. The van der Waals surface area contributed by atoms with E-state index in [2.05, 4.69) is 93.7 Å². The van der Waals surface area contributed by atoms with Crippen LogP contribution in [0.1, 0.15) is 335 Å². The molecule has 0 amide bonds. The average molecular weight is 1060 g/mol. The minimum atomic E-state index is -0.787. The zero-order chi connectivity index (χ0) is 55.0. The fourth-order valence-corrected chi connectivity index (χ4v) is 9.53. The highest BCUT2D eigenvalue weighted by Crippen LogP contribution is 2.17. The molecule has 0 aliphatic rings. The predicted octanol–water partition coefficient (Wildman–Crippen LogP) is 22.5. The summed E-state index contributed by atoms with van der Waals surface area (Å²) < 4.78 is 16.9. The Hall–Kier alpha value is -3.15. The van der Waals surface area contributed by atoms with Gasteiger partial charge in [0, 0.05) is 19.3 Å². The summed E-state index contributed by atoms with van der Waals surface area (Å²) in [5.74, 6) is -0.898. The molecule has 0 aromatic rings. The van der Waals surface area contributed by atoms with Gasteiger partial charge in [-0.3, -0.25) is 14.4 Å². The molecule has 0 heterocycles. The summed E-state index contributed by atoms with van der Waals surface area (Å²) in [7, 11) is 0. The summed E-state index contributed by atoms with van der Waals surface area (Å²) in [6.07, 6.45) is 83.7. The van der Waals surface area contributed by atoms with Crippen LogP contribution in [0.4, 0.5) is 0 Å². The van der Waals surface area contributed by atoms with Crippen LogP contribution < -0.4 is 0 Å². The van der Waals surface area contributed by atoms with E-state index in [0.717, 1.165) is 96.3 Å². The number of carbonyl (C=O) groups is 3.